The second-order valence-corrected chi connectivity index (χ2v) is 8.17. The van der Waals surface area contributed by atoms with Crippen LogP contribution < -0.4 is 15.5 Å². The molecule has 0 unspecified atom stereocenters. The van der Waals surface area contributed by atoms with Gasteiger partial charge in [-0.05, 0) is 42.5 Å². The minimum Gasteiger partial charge on any atom is -0.368 e. The average Bonchev–Trinajstić information content (AvgIpc) is 2.92. The van der Waals surface area contributed by atoms with Crippen LogP contribution in [0.4, 0.5) is 42.0 Å². The topological polar surface area (TPSA) is 126 Å². The number of amides is 1. The summed E-state index contributed by atoms with van der Waals surface area (Å²) in [5.74, 6) is 0.235. The summed E-state index contributed by atoms with van der Waals surface area (Å²) in [6.45, 7) is 0.769. The lowest BCUT2D eigenvalue weighted by molar-refractivity contribution is -0.385. The summed E-state index contributed by atoms with van der Waals surface area (Å²) >= 11 is 0. The molecular weight excluding hydrogens is 515 g/mol. The first-order valence-corrected chi connectivity index (χ1v) is 11.7. The summed E-state index contributed by atoms with van der Waals surface area (Å²) in [4.78, 5) is 37.2. The number of pyridine rings is 1. The smallest absolute Gasteiger partial charge is 0.368 e. The summed E-state index contributed by atoms with van der Waals surface area (Å²) in [6.07, 6.45) is -2.12. The van der Waals surface area contributed by atoms with Gasteiger partial charge in [0.25, 0.3) is 5.69 Å². The maximum atomic E-state index is 13.4. The van der Waals surface area contributed by atoms with Gasteiger partial charge in [0.15, 0.2) is 0 Å². The highest BCUT2D eigenvalue weighted by Crippen LogP contribution is 2.34. The molecule has 0 aliphatic rings. The number of nitrogens with one attached hydrogen (secondary N) is 2. The molecule has 2 aromatic carbocycles. The zero-order valence-electron chi connectivity index (χ0n) is 20.3. The van der Waals surface area contributed by atoms with Gasteiger partial charge in [0.1, 0.15) is 12.0 Å². The van der Waals surface area contributed by atoms with Crippen molar-refractivity contribution in [1.82, 2.24) is 15.0 Å². The van der Waals surface area contributed by atoms with Crippen LogP contribution in [-0.2, 0) is 17.4 Å². The zero-order chi connectivity index (χ0) is 27.8. The predicted octanol–water partition coefficient (Wildman–Crippen LogP) is 5.23. The van der Waals surface area contributed by atoms with Gasteiger partial charge in [-0.25, -0.2) is 15.0 Å². The van der Waals surface area contributed by atoms with Crippen LogP contribution in [0.5, 0.6) is 0 Å². The minimum atomic E-state index is -4.56. The molecule has 4 rings (SSSR count). The molecule has 13 heteroatoms. The molecule has 0 radical (unpaired) electrons. The van der Waals surface area contributed by atoms with E-state index in [9.17, 15) is 28.1 Å². The monoisotopic (exact) mass is 537 g/mol. The van der Waals surface area contributed by atoms with Crippen LogP contribution in [0.3, 0.4) is 0 Å². The van der Waals surface area contributed by atoms with Crippen molar-refractivity contribution < 1.29 is 22.9 Å². The number of benzene rings is 2. The van der Waals surface area contributed by atoms with Crippen LogP contribution in [0, 0.1) is 10.1 Å². The Kier molecular flexibility index (Phi) is 8.29. The highest BCUT2D eigenvalue weighted by atomic mass is 19.4. The quantitative estimate of drug-likeness (QED) is 0.160. The number of halogens is 3. The van der Waals surface area contributed by atoms with Crippen LogP contribution in [0.2, 0.25) is 0 Å². The first-order valence-electron chi connectivity index (χ1n) is 11.7. The molecule has 4 aromatic rings. The summed E-state index contributed by atoms with van der Waals surface area (Å²) in [7, 11) is 0. The van der Waals surface area contributed by atoms with Gasteiger partial charge in [0.05, 0.1) is 22.6 Å². The van der Waals surface area contributed by atoms with Crippen molar-refractivity contribution in [3.63, 3.8) is 0 Å². The van der Waals surface area contributed by atoms with E-state index in [2.05, 4.69) is 25.6 Å². The normalized spacial score (nSPS) is 11.1. The van der Waals surface area contributed by atoms with Gasteiger partial charge in [-0.3, -0.25) is 19.8 Å². The molecule has 2 aromatic heterocycles. The Labute approximate surface area is 220 Å². The lowest BCUT2D eigenvalue weighted by atomic mass is 10.1. The Morgan fingerprint density at radius 2 is 1.67 bits per heavy atom. The highest BCUT2D eigenvalue weighted by molar-refractivity contribution is 6.01. The number of carbonyl (C=O) groups excluding carboxylic acids is 1. The summed E-state index contributed by atoms with van der Waals surface area (Å²) in [5, 5.41) is 16.7. The number of nitrogens with zero attached hydrogens (tertiary/aromatic N) is 5. The SMILES string of the molecule is O=C(Cc1ccnc(NCCNc2ccc([N+](=O)[O-])cn2)n1)N(c1ccccc1)c1cccc(C(F)(F)F)c1. The molecule has 0 fully saturated rings. The number of hydrogen-bond acceptors (Lipinski definition) is 8. The van der Waals surface area contributed by atoms with Crippen molar-refractivity contribution >= 4 is 34.7 Å². The van der Waals surface area contributed by atoms with Gasteiger partial charge in [-0.2, -0.15) is 13.2 Å². The number of carbonyl (C=O) groups is 1. The fourth-order valence-corrected chi connectivity index (χ4v) is 3.61. The van der Waals surface area contributed by atoms with E-state index in [4.69, 9.17) is 0 Å². The van der Waals surface area contributed by atoms with Crippen LogP contribution >= 0.6 is 0 Å². The van der Waals surface area contributed by atoms with Gasteiger partial charge in [0.2, 0.25) is 11.9 Å². The third-order valence-corrected chi connectivity index (χ3v) is 5.41. The number of nitro groups is 1. The lowest BCUT2D eigenvalue weighted by Crippen LogP contribution is -2.28. The number of hydrogen-bond donors (Lipinski definition) is 2. The van der Waals surface area contributed by atoms with Gasteiger partial charge < -0.3 is 10.6 Å². The van der Waals surface area contributed by atoms with E-state index in [0.29, 0.717) is 30.3 Å². The van der Waals surface area contributed by atoms with E-state index < -0.39 is 22.6 Å². The van der Waals surface area contributed by atoms with Crippen LogP contribution in [0.25, 0.3) is 0 Å². The van der Waals surface area contributed by atoms with E-state index in [1.807, 2.05) is 0 Å². The van der Waals surface area contributed by atoms with E-state index in [1.165, 1.54) is 35.4 Å². The zero-order valence-corrected chi connectivity index (χ0v) is 20.3. The number of aromatic nitrogens is 3. The predicted molar refractivity (Wildman–Crippen MR) is 139 cm³/mol. The van der Waals surface area contributed by atoms with Crippen LogP contribution in [0.1, 0.15) is 11.3 Å². The van der Waals surface area contributed by atoms with E-state index in [1.54, 1.807) is 36.4 Å². The van der Waals surface area contributed by atoms with Gasteiger partial charge in [-0.1, -0.05) is 24.3 Å². The van der Waals surface area contributed by atoms with Crippen molar-refractivity contribution in [2.24, 2.45) is 0 Å². The molecule has 200 valence electrons. The molecular formula is C26H22F3N7O3. The van der Waals surface area contributed by atoms with Crippen molar-refractivity contribution in [1.29, 1.82) is 0 Å². The van der Waals surface area contributed by atoms with Gasteiger partial charge in [0, 0.05) is 36.7 Å². The molecule has 2 N–H and O–H groups in total. The molecule has 39 heavy (non-hydrogen) atoms. The Hall–Kier alpha value is -5.07. The third-order valence-electron chi connectivity index (χ3n) is 5.41. The Morgan fingerprint density at radius 1 is 0.923 bits per heavy atom. The van der Waals surface area contributed by atoms with Gasteiger partial charge in [-0.15, -0.1) is 0 Å². The number of rotatable bonds is 10. The van der Waals surface area contributed by atoms with Crippen molar-refractivity contribution in [3.05, 3.63) is 107 Å². The number of para-hydroxylation sites is 1. The van der Waals surface area contributed by atoms with Gasteiger partial charge >= 0.3 is 6.18 Å². The molecule has 0 saturated heterocycles. The second-order valence-electron chi connectivity index (χ2n) is 8.17. The van der Waals surface area contributed by atoms with Crippen molar-refractivity contribution in [2.45, 2.75) is 12.6 Å². The standard InChI is InChI=1S/C26H22F3N7O3/c27-26(28,29)18-5-4-8-21(15-18)35(20-6-2-1-3-7-20)24(37)16-19-11-12-31-25(34-19)32-14-13-30-23-10-9-22(17-33-23)36(38)39/h1-12,15,17H,13-14,16H2,(H,30,33)(H,31,32,34). The number of anilines is 4. The average molecular weight is 538 g/mol. The van der Waals surface area contributed by atoms with Crippen LogP contribution in [-0.4, -0.2) is 38.9 Å². The highest BCUT2D eigenvalue weighted by Gasteiger charge is 2.31. The molecule has 0 aliphatic carbocycles. The first kappa shape index (κ1) is 27.0. The molecule has 2 heterocycles. The Balaban J connectivity index is 1.43. The minimum absolute atomic E-state index is 0.0827. The fraction of sp³-hybridized carbons (Fsp3) is 0.154. The van der Waals surface area contributed by atoms with Crippen molar-refractivity contribution in [2.75, 3.05) is 28.6 Å². The second kappa shape index (κ2) is 12.0. The van der Waals surface area contributed by atoms with E-state index >= 15 is 0 Å². The maximum absolute atomic E-state index is 13.4. The van der Waals surface area contributed by atoms with E-state index in [-0.39, 0.29) is 23.7 Å². The first-order chi connectivity index (χ1) is 18.7. The summed E-state index contributed by atoms with van der Waals surface area (Å²) in [6, 6.07) is 17.4. The molecule has 1 amide bonds. The largest absolute Gasteiger partial charge is 0.416 e. The summed E-state index contributed by atoms with van der Waals surface area (Å²) in [5.41, 5.74) is -0.105. The van der Waals surface area contributed by atoms with Crippen LogP contribution in [0.15, 0.2) is 85.2 Å². The Morgan fingerprint density at radius 3 is 2.36 bits per heavy atom. The third kappa shape index (κ3) is 7.25. The lowest BCUT2D eigenvalue weighted by Gasteiger charge is -2.24. The number of alkyl halides is 3. The van der Waals surface area contributed by atoms with E-state index in [0.717, 1.165) is 18.3 Å². The fourth-order valence-electron chi connectivity index (χ4n) is 3.61. The maximum Gasteiger partial charge on any atom is 0.416 e. The molecule has 0 saturated carbocycles. The molecule has 10 nitrogen and oxygen atoms in total. The molecule has 0 aliphatic heterocycles. The summed E-state index contributed by atoms with van der Waals surface area (Å²) < 4.78 is 40.0. The Bertz CT molecular complexity index is 1430. The molecule has 0 bridgehead atoms. The van der Waals surface area contributed by atoms with Crippen molar-refractivity contribution in [3.8, 4) is 0 Å². The molecule has 0 spiro atoms. The molecule has 0 atom stereocenters.